The van der Waals surface area contributed by atoms with E-state index >= 15 is 0 Å². The Balaban J connectivity index is 0.00000180. The lowest BCUT2D eigenvalue weighted by Gasteiger charge is -2.04. The molecule has 0 aliphatic carbocycles. The lowest BCUT2D eigenvalue weighted by atomic mass is 10.1. The third-order valence-corrected chi connectivity index (χ3v) is 3.79. The number of nitrogens with zero attached hydrogens (tertiary/aromatic N) is 1. The van der Waals surface area contributed by atoms with Gasteiger partial charge in [-0.05, 0) is 19.1 Å². The Kier molecular flexibility index (Phi) is 5.88. The highest BCUT2D eigenvalue weighted by atomic mass is 79.9. The van der Waals surface area contributed by atoms with Crippen molar-refractivity contribution in [1.82, 2.24) is 0 Å². The van der Waals surface area contributed by atoms with E-state index in [9.17, 15) is 4.79 Å². The van der Waals surface area contributed by atoms with Crippen molar-refractivity contribution in [3.05, 3.63) is 63.9 Å². The van der Waals surface area contributed by atoms with Crippen LogP contribution in [0.25, 0.3) is 0 Å². The van der Waals surface area contributed by atoms with E-state index < -0.39 is 0 Å². The maximum absolute atomic E-state index is 12.2. The zero-order valence-electron chi connectivity index (χ0n) is 10.9. The number of carbonyl (C=O) groups is 1. The fourth-order valence-corrected chi connectivity index (χ4v) is 2.35. The number of carbonyl (C=O) groups excluding carboxylic acids is 1. The molecule has 100 valence electrons. The maximum atomic E-state index is 12.2. The minimum Gasteiger partial charge on any atom is -1.00 e. The molecule has 0 saturated heterocycles. The summed E-state index contributed by atoms with van der Waals surface area (Å²) >= 11 is 3.41. The number of hydrogen-bond acceptors (Lipinski definition) is 1. The molecule has 2 nitrogen and oxygen atoms in total. The lowest BCUT2D eigenvalue weighted by molar-refractivity contribution is -0.689. The Morgan fingerprint density at radius 2 is 1.84 bits per heavy atom. The highest BCUT2D eigenvalue weighted by Gasteiger charge is 2.17. The number of rotatable bonds is 3. The van der Waals surface area contributed by atoms with Gasteiger partial charge in [0, 0.05) is 28.6 Å². The molecule has 19 heavy (non-hydrogen) atoms. The quantitative estimate of drug-likeness (QED) is 0.548. The second kappa shape index (κ2) is 6.96. The van der Waals surface area contributed by atoms with Gasteiger partial charge < -0.3 is 17.0 Å². The Morgan fingerprint density at radius 3 is 2.53 bits per heavy atom. The predicted molar refractivity (Wildman–Crippen MR) is 74.6 cm³/mol. The van der Waals surface area contributed by atoms with Crippen LogP contribution in [-0.4, -0.2) is 5.78 Å². The van der Waals surface area contributed by atoms with Gasteiger partial charge in [0.1, 0.15) is 0 Å². The third-order valence-electron chi connectivity index (χ3n) is 3.10. The van der Waals surface area contributed by atoms with Gasteiger partial charge in [-0.1, -0.05) is 34.1 Å². The van der Waals surface area contributed by atoms with E-state index in [4.69, 9.17) is 0 Å². The molecule has 4 heteroatoms. The molecule has 1 heterocycles. The van der Waals surface area contributed by atoms with Crippen LogP contribution in [0.15, 0.2) is 47.1 Å². The molecule has 1 aromatic carbocycles. The summed E-state index contributed by atoms with van der Waals surface area (Å²) in [6.07, 6.45) is 1.94. The van der Waals surface area contributed by atoms with Crippen LogP contribution >= 0.6 is 15.9 Å². The van der Waals surface area contributed by atoms with Gasteiger partial charge in [0.25, 0.3) is 0 Å². The van der Waals surface area contributed by atoms with Crippen LogP contribution in [0.1, 0.15) is 21.6 Å². The average molecular weight is 385 g/mol. The summed E-state index contributed by atoms with van der Waals surface area (Å²) in [4.78, 5) is 12.2. The first-order chi connectivity index (χ1) is 8.59. The van der Waals surface area contributed by atoms with E-state index in [-0.39, 0.29) is 22.8 Å². The summed E-state index contributed by atoms with van der Waals surface area (Å²) in [5.41, 5.74) is 3.04. The lowest BCUT2D eigenvalue weighted by Crippen LogP contribution is -3.00. The fraction of sp³-hybridized carbons (Fsp3) is 0.200. The largest absolute Gasteiger partial charge is 1.00 e. The number of hydrogen-bond donors (Lipinski definition) is 0. The van der Waals surface area contributed by atoms with Crippen molar-refractivity contribution in [3.8, 4) is 0 Å². The summed E-state index contributed by atoms with van der Waals surface area (Å²) < 4.78 is 2.83. The van der Waals surface area contributed by atoms with Gasteiger partial charge in [-0.25, -0.2) is 0 Å². The molecule has 0 spiro atoms. The molecule has 0 aliphatic rings. The van der Waals surface area contributed by atoms with E-state index in [0.717, 1.165) is 15.7 Å². The Hall–Kier alpha value is -1.000. The summed E-state index contributed by atoms with van der Waals surface area (Å²) in [5, 5.41) is 0. The predicted octanol–water partition coefficient (Wildman–Crippen LogP) is 0.240. The molecule has 0 unspecified atom stereocenters. The Bertz CT molecular complexity index is 596. The number of Topliss-reactive ketones (excluding diaryl/α,β-unsaturated/α-hetero) is 1. The van der Waals surface area contributed by atoms with Crippen molar-refractivity contribution < 1.29 is 26.3 Å². The molecule has 0 saturated carbocycles. The average Bonchev–Trinajstić information content (AvgIpc) is 2.35. The number of ketones is 1. The second-order valence-electron chi connectivity index (χ2n) is 4.31. The Labute approximate surface area is 132 Å². The van der Waals surface area contributed by atoms with E-state index in [1.165, 1.54) is 5.56 Å². The van der Waals surface area contributed by atoms with Gasteiger partial charge >= 0.3 is 0 Å². The number of aryl methyl sites for hydroxylation is 1. The highest BCUT2D eigenvalue weighted by molar-refractivity contribution is 9.10. The second-order valence-corrected chi connectivity index (χ2v) is 5.16. The zero-order chi connectivity index (χ0) is 13.1. The molecule has 0 fully saturated rings. The van der Waals surface area contributed by atoms with Crippen molar-refractivity contribution in [2.45, 2.75) is 20.4 Å². The number of benzene rings is 1. The van der Waals surface area contributed by atoms with E-state index in [1.54, 1.807) is 0 Å². The van der Waals surface area contributed by atoms with Crippen LogP contribution in [0.5, 0.6) is 0 Å². The smallest absolute Gasteiger partial charge is 0.228 e. The third kappa shape index (κ3) is 3.74. The minimum atomic E-state index is 0. The van der Waals surface area contributed by atoms with E-state index in [1.807, 2.05) is 48.0 Å². The van der Waals surface area contributed by atoms with Crippen molar-refractivity contribution in [3.63, 3.8) is 0 Å². The van der Waals surface area contributed by atoms with Crippen LogP contribution < -0.4 is 21.5 Å². The number of pyridine rings is 1. The van der Waals surface area contributed by atoms with Gasteiger partial charge in [-0.15, -0.1) is 0 Å². The first-order valence-corrected chi connectivity index (χ1v) is 6.62. The summed E-state index contributed by atoms with van der Waals surface area (Å²) in [6.45, 7) is 4.45. The van der Waals surface area contributed by atoms with Crippen molar-refractivity contribution >= 4 is 21.7 Å². The van der Waals surface area contributed by atoms with E-state index in [2.05, 4.69) is 28.9 Å². The molecule has 0 radical (unpaired) electrons. The maximum Gasteiger partial charge on any atom is 0.228 e. The summed E-state index contributed by atoms with van der Waals surface area (Å²) in [5.74, 6) is 0.112. The van der Waals surface area contributed by atoms with Crippen LogP contribution in [0.3, 0.4) is 0 Å². The molecule has 2 aromatic rings. The van der Waals surface area contributed by atoms with Gasteiger partial charge in [0.15, 0.2) is 11.9 Å². The SMILES string of the molecule is Cc1ccc[n+](CC(=O)c2ccccc2Br)c1C.[Br-]. The van der Waals surface area contributed by atoms with Gasteiger partial charge in [-0.2, -0.15) is 4.57 Å². The first kappa shape index (κ1) is 16.1. The zero-order valence-corrected chi connectivity index (χ0v) is 14.0. The van der Waals surface area contributed by atoms with Crippen molar-refractivity contribution in [1.29, 1.82) is 0 Å². The Morgan fingerprint density at radius 1 is 1.16 bits per heavy atom. The van der Waals surface area contributed by atoms with Crippen LogP contribution in [0, 0.1) is 13.8 Å². The monoisotopic (exact) mass is 383 g/mol. The first-order valence-electron chi connectivity index (χ1n) is 5.83. The molecule has 0 bridgehead atoms. The van der Waals surface area contributed by atoms with Crippen molar-refractivity contribution in [2.24, 2.45) is 0 Å². The van der Waals surface area contributed by atoms with Crippen molar-refractivity contribution in [2.75, 3.05) is 0 Å². The fourth-order valence-electron chi connectivity index (χ4n) is 1.85. The topological polar surface area (TPSA) is 20.9 Å². The molecule has 2 rings (SSSR count). The van der Waals surface area contributed by atoms with Gasteiger partial charge in [0.2, 0.25) is 12.3 Å². The number of aromatic nitrogens is 1. The molecular weight excluding hydrogens is 370 g/mol. The molecule has 0 N–H and O–H groups in total. The minimum absolute atomic E-state index is 0. The van der Waals surface area contributed by atoms with Gasteiger partial charge in [-0.3, -0.25) is 4.79 Å². The molecule has 1 aromatic heterocycles. The molecule has 0 aliphatic heterocycles. The van der Waals surface area contributed by atoms with E-state index in [0.29, 0.717) is 6.54 Å². The standard InChI is InChI=1S/C15H15BrNO.BrH/c1-11-6-5-9-17(12(11)2)10-15(18)13-7-3-4-8-14(13)16;/h3-9H,10H2,1-2H3;1H/q+1;/p-1. The summed E-state index contributed by atoms with van der Waals surface area (Å²) in [6, 6.07) is 11.5. The highest BCUT2D eigenvalue weighted by Crippen LogP contribution is 2.16. The molecule has 0 atom stereocenters. The normalized spacial score (nSPS) is 9.84. The van der Waals surface area contributed by atoms with Crippen LogP contribution in [0.4, 0.5) is 0 Å². The van der Waals surface area contributed by atoms with Crippen LogP contribution in [0.2, 0.25) is 0 Å². The van der Waals surface area contributed by atoms with Crippen LogP contribution in [-0.2, 0) is 6.54 Å². The van der Waals surface area contributed by atoms with Gasteiger partial charge in [0.05, 0.1) is 0 Å². The summed E-state index contributed by atoms with van der Waals surface area (Å²) in [7, 11) is 0. The molecule has 0 amide bonds. The molecular formula is C15H15Br2NO. The number of halogens is 2.